The normalized spacial score (nSPS) is 21.6. The topological polar surface area (TPSA) is 55.6 Å². The summed E-state index contributed by atoms with van der Waals surface area (Å²) in [6.07, 6.45) is 7.85. The monoisotopic (exact) mass is 303 g/mol. The molecule has 2 aliphatic carbocycles. The summed E-state index contributed by atoms with van der Waals surface area (Å²) in [6.45, 7) is 4.38. The quantitative estimate of drug-likeness (QED) is 0.942. The lowest BCUT2D eigenvalue weighted by molar-refractivity contribution is 0.484. The van der Waals surface area contributed by atoms with Crippen molar-refractivity contribution in [3.63, 3.8) is 0 Å². The number of hydrogen-bond donors (Lipinski definition) is 1. The maximum absolute atomic E-state index is 4.64. The molecule has 5 nitrogen and oxygen atoms in total. The third-order valence-corrected chi connectivity index (χ3v) is 5.05. The molecule has 6 heteroatoms. The molecule has 0 aromatic carbocycles. The van der Waals surface area contributed by atoms with Crippen molar-refractivity contribution in [3.8, 4) is 0 Å². The number of fused-ring (bicyclic) bond motifs is 1. The first kappa shape index (κ1) is 13.2. The highest BCUT2D eigenvalue weighted by Crippen LogP contribution is 2.39. The van der Waals surface area contributed by atoms with E-state index in [1.165, 1.54) is 35.6 Å². The van der Waals surface area contributed by atoms with Gasteiger partial charge in [-0.3, -0.25) is 4.68 Å². The third kappa shape index (κ3) is 2.57. The number of rotatable bonds is 4. The van der Waals surface area contributed by atoms with Crippen LogP contribution in [0.1, 0.15) is 62.2 Å². The maximum Gasteiger partial charge on any atom is 0.202 e. The summed E-state index contributed by atoms with van der Waals surface area (Å²) >= 11 is 1.51. The van der Waals surface area contributed by atoms with E-state index in [1.54, 1.807) is 0 Å². The first-order chi connectivity index (χ1) is 10.2. The lowest BCUT2D eigenvalue weighted by Gasteiger charge is -2.24. The lowest BCUT2D eigenvalue weighted by Crippen LogP contribution is -2.28. The van der Waals surface area contributed by atoms with Crippen LogP contribution < -0.4 is 5.32 Å². The summed E-state index contributed by atoms with van der Waals surface area (Å²) in [4.78, 5) is 4.64. The number of nitrogens with zero attached hydrogens (tertiary/aromatic N) is 4. The molecule has 0 amide bonds. The van der Waals surface area contributed by atoms with Crippen LogP contribution in [-0.2, 0) is 12.8 Å². The minimum atomic E-state index is 0.426. The molecule has 1 unspecified atom stereocenters. The Bertz CT molecular complexity index is 640. The number of aryl methyl sites for hydroxylation is 1. The molecular formula is C15H21N5S. The average molecular weight is 303 g/mol. The zero-order chi connectivity index (χ0) is 14.4. The van der Waals surface area contributed by atoms with E-state index in [9.17, 15) is 0 Å². The molecule has 0 radical (unpaired) electrons. The average Bonchev–Trinajstić information content (AvgIpc) is 3.06. The molecule has 0 spiro atoms. The predicted molar refractivity (Wildman–Crippen MR) is 83.9 cm³/mol. The largest absolute Gasteiger partial charge is 0.357 e. The summed E-state index contributed by atoms with van der Waals surface area (Å²) in [6, 6.07) is 0.877. The Kier molecular flexibility index (Phi) is 3.21. The summed E-state index contributed by atoms with van der Waals surface area (Å²) in [5, 5.41) is 9.11. The molecular weight excluding hydrogens is 282 g/mol. The molecule has 2 aromatic rings. The molecule has 112 valence electrons. The SMILES string of the molecule is CC(C)n1ncc2c1CC(Nc1nc(C3CC3)ns1)CC2. The van der Waals surface area contributed by atoms with Gasteiger partial charge in [0.05, 0.1) is 6.20 Å². The van der Waals surface area contributed by atoms with Crippen LogP contribution in [0.2, 0.25) is 0 Å². The maximum atomic E-state index is 4.64. The Morgan fingerprint density at radius 1 is 1.33 bits per heavy atom. The Balaban J connectivity index is 1.48. The standard InChI is InChI=1S/C15H21N5S/c1-9(2)20-13-7-12(6-5-11(13)8-16-20)17-15-18-14(19-21-15)10-3-4-10/h8-10,12H,3-7H2,1-2H3,(H,17,18,19). The van der Waals surface area contributed by atoms with E-state index in [1.807, 2.05) is 6.20 Å². The molecule has 0 aliphatic heterocycles. The van der Waals surface area contributed by atoms with Crippen LogP contribution in [0.25, 0.3) is 0 Å². The first-order valence-electron chi connectivity index (χ1n) is 7.86. The van der Waals surface area contributed by atoms with E-state index in [-0.39, 0.29) is 0 Å². The molecule has 4 rings (SSSR count). The van der Waals surface area contributed by atoms with Crippen molar-refractivity contribution < 1.29 is 0 Å². The van der Waals surface area contributed by atoms with Gasteiger partial charge in [-0.05, 0) is 45.1 Å². The van der Waals surface area contributed by atoms with Gasteiger partial charge in [0.25, 0.3) is 0 Å². The summed E-state index contributed by atoms with van der Waals surface area (Å²) in [5.74, 6) is 1.68. The van der Waals surface area contributed by atoms with Crippen molar-refractivity contribution >= 4 is 16.7 Å². The molecule has 1 saturated carbocycles. The molecule has 1 N–H and O–H groups in total. The fraction of sp³-hybridized carbons (Fsp3) is 0.667. The highest BCUT2D eigenvalue weighted by molar-refractivity contribution is 7.09. The minimum absolute atomic E-state index is 0.426. The fourth-order valence-electron chi connectivity index (χ4n) is 3.07. The first-order valence-corrected chi connectivity index (χ1v) is 8.63. The van der Waals surface area contributed by atoms with Gasteiger partial charge in [-0.15, -0.1) is 0 Å². The fourth-order valence-corrected chi connectivity index (χ4v) is 3.79. The molecule has 1 atom stereocenters. The highest BCUT2D eigenvalue weighted by Gasteiger charge is 2.29. The van der Waals surface area contributed by atoms with E-state index in [0.717, 1.165) is 30.2 Å². The minimum Gasteiger partial charge on any atom is -0.357 e. The van der Waals surface area contributed by atoms with Crippen LogP contribution in [0, 0.1) is 0 Å². The van der Waals surface area contributed by atoms with Crippen molar-refractivity contribution in [1.29, 1.82) is 0 Å². The number of anilines is 1. The zero-order valence-electron chi connectivity index (χ0n) is 12.5. The van der Waals surface area contributed by atoms with E-state index in [4.69, 9.17) is 0 Å². The summed E-state index contributed by atoms with van der Waals surface area (Å²) in [7, 11) is 0. The molecule has 0 saturated heterocycles. The van der Waals surface area contributed by atoms with Gasteiger partial charge in [-0.25, -0.2) is 4.98 Å². The van der Waals surface area contributed by atoms with Crippen molar-refractivity contribution in [2.45, 2.75) is 64.0 Å². The second kappa shape index (κ2) is 5.09. The molecule has 21 heavy (non-hydrogen) atoms. The van der Waals surface area contributed by atoms with Crippen LogP contribution in [0.3, 0.4) is 0 Å². The van der Waals surface area contributed by atoms with Gasteiger partial charge in [0, 0.05) is 41.6 Å². The summed E-state index contributed by atoms with van der Waals surface area (Å²) in [5.41, 5.74) is 2.80. The lowest BCUT2D eigenvalue weighted by atomic mass is 9.93. The van der Waals surface area contributed by atoms with Crippen molar-refractivity contribution in [3.05, 3.63) is 23.3 Å². The van der Waals surface area contributed by atoms with E-state index in [2.05, 4.69) is 38.3 Å². The third-order valence-electron chi connectivity index (χ3n) is 4.39. The molecule has 2 aliphatic rings. The second-order valence-corrected chi connectivity index (χ2v) is 7.22. The molecule has 0 bridgehead atoms. The van der Waals surface area contributed by atoms with Gasteiger partial charge in [0.1, 0.15) is 5.82 Å². The number of nitrogens with one attached hydrogen (secondary N) is 1. The van der Waals surface area contributed by atoms with Crippen LogP contribution in [0.5, 0.6) is 0 Å². The number of aromatic nitrogens is 4. The highest BCUT2D eigenvalue weighted by atomic mass is 32.1. The van der Waals surface area contributed by atoms with Gasteiger partial charge in [-0.1, -0.05) is 0 Å². The molecule has 1 fully saturated rings. The van der Waals surface area contributed by atoms with Gasteiger partial charge >= 0.3 is 0 Å². The molecule has 2 heterocycles. The van der Waals surface area contributed by atoms with Crippen LogP contribution in [0.4, 0.5) is 5.13 Å². The Labute approximate surface area is 129 Å². The zero-order valence-corrected chi connectivity index (χ0v) is 13.4. The van der Waals surface area contributed by atoms with Crippen molar-refractivity contribution in [2.24, 2.45) is 0 Å². The molecule has 2 aromatic heterocycles. The smallest absolute Gasteiger partial charge is 0.202 e. The van der Waals surface area contributed by atoms with Gasteiger partial charge in [-0.2, -0.15) is 9.47 Å². The van der Waals surface area contributed by atoms with Crippen molar-refractivity contribution in [1.82, 2.24) is 19.1 Å². The van der Waals surface area contributed by atoms with E-state index >= 15 is 0 Å². The predicted octanol–water partition coefficient (Wildman–Crippen LogP) is 3.16. The van der Waals surface area contributed by atoms with Crippen LogP contribution >= 0.6 is 11.5 Å². The van der Waals surface area contributed by atoms with Gasteiger partial charge in [0.2, 0.25) is 5.13 Å². The van der Waals surface area contributed by atoms with Gasteiger partial charge < -0.3 is 5.32 Å². The Morgan fingerprint density at radius 3 is 2.95 bits per heavy atom. The van der Waals surface area contributed by atoms with Crippen LogP contribution in [0.15, 0.2) is 6.20 Å². The van der Waals surface area contributed by atoms with Gasteiger partial charge in [0.15, 0.2) is 0 Å². The second-order valence-electron chi connectivity index (χ2n) is 6.47. The Morgan fingerprint density at radius 2 is 2.19 bits per heavy atom. The summed E-state index contributed by atoms with van der Waals surface area (Å²) < 4.78 is 6.64. The number of hydrogen-bond acceptors (Lipinski definition) is 5. The van der Waals surface area contributed by atoms with Crippen molar-refractivity contribution in [2.75, 3.05) is 5.32 Å². The Hall–Kier alpha value is -1.43. The van der Waals surface area contributed by atoms with E-state index < -0.39 is 0 Å². The van der Waals surface area contributed by atoms with Crippen LogP contribution in [-0.4, -0.2) is 25.2 Å². The van der Waals surface area contributed by atoms with E-state index in [0.29, 0.717) is 18.0 Å².